The van der Waals surface area contributed by atoms with E-state index in [2.05, 4.69) is 21.2 Å². The number of carbonyl (C=O) groups excluding carboxylic acids is 2. The first kappa shape index (κ1) is 15.1. The molecule has 20 heavy (non-hydrogen) atoms. The molecule has 0 saturated heterocycles. The van der Waals surface area contributed by atoms with Crippen molar-refractivity contribution in [2.24, 2.45) is 11.7 Å². The van der Waals surface area contributed by atoms with Crippen LogP contribution in [0.1, 0.15) is 23.4 Å². The molecular formula is C13H18BrN3O3. The van der Waals surface area contributed by atoms with Crippen molar-refractivity contribution in [3.05, 3.63) is 22.6 Å². The monoisotopic (exact) mass is 343 g/mol. The van der Waals surface area contributed by atoms with Crippen molar-refractivity contribution in [1.82, 2.24) is 10.2 Å². The van der Waals surface area contributed by atoms with Crippen LogP contribution < -0.4 is 11.1 Å². The second-order valence-electron chi connectivity index (χ2n) is 5.01. The van der Waals surface area contributed by atoms with Gasteiger partial charge in [-0.15, -0.1) is 0 Å². The highest BCUT2D eigenvalue weighted by Gasteiger charge is 2.31. The van der Waals surface area contributed by atoms with Gasteiger partial charge in [0.15, 0.2) is 10.4 Å². The molecule has 0 aliphatic heterocycles. The fraction of sp³-hybridized carbons (Fsp3) is 0.538. The van der Waals surface area contributed by atoms with E-state index in [9.17, 15) is 9.59 Å². The van der Waals surface area contributed by atoms with E-state index in [-0.39, 0.29) is 30.2 Å². The minimum atomic E-state index is -0.332. The summed E-state index contributed by atoms with van der Waals surface area (Å²) in [6, 6.07) is 3.22. The fourth-order valence-electron chi connectivity index (χ4n) is 2.02. The largest absolute Gasteiger partial charge is 0.444 e. The third-order valence-electron chi connectivity index (χ3n) is 3.30. The van der Waals surface area contributed by atoms with Gasteiger partial charge >= 0.3 is 0 Å². The van der Waals surface area contributed by atoms with Crippen LogP contribution >= 0.6 is 15.9 Å². The Kier molecular flexibility index (Phi) is 4.82. The Bertz CT molecular complexity index is 499. The SMILES string of the molecule is CN(CC(=O)NC(CN)C1CC1)C(=O)c1ccc(Br)o1. The molecule has 0 bridgehead atoms. The lowest BCUT2D eigenvalue weighted by Gasteiger charge is -2.19. The van der Waals surface area contributed by atoms with Crippen molar-refractivity contribution in [1.29, 1.82) is 0 Å². The number of amides is 2. The first-order valence-electron chi connectivity index (χ1n) is 6.51. The van der Waals surface area contributed by atoms with Gasteiger partial charge in [0.1, 0.15) is 0 Å². The van der Waals surface area contributed by atoms with E-state index in [1.54, 1.807) is 19.2 Å². The lowest BCUT2D eigenvalue weighted by molar-refractivity contribution is -0.122. The van der Waals surface area contributed by atoms with Crippen LogP contribution in [0.5, 0.6) is 0 Å². The topological polar surface area (TPSA) is 88.6 Å². The van der Waals surface area contributed by atoms with Gasteiger partial charge in [-0.05, 0) is 46.8 Å². The Morgan fingerprint density at radius 1 is 1.55 bits per heavy atom. The van der Waals surface area contributed by atoms with Crippen LogP contribution in [0.4, 0.5) is 0 Å². The minimum absolute atomic E-state index is 0.0135. The highest BCUT2D eigenvalue weighted by molar-refractivity contribution is 9.10. The predicted octanol–water partition coefficient (Wildman–Crippen LogP) is 0.968. The van der Waals surface area contributed by atoms with Crippen LogP contribution in [0.15, 0.2) is 21.2 Å². The van der Waals surface area contributed by atoms with Gasteiger partial charge in [0.2, 0.25) is 5.91 Å². The zero-order valence-electron chi connectivity index (χ0n) is 11.3. The number of likely N-dealkylation sites (N-methyl/N-ethyl adjacent to an activating group) is 1. The second kappa shape index (κ2) is 6.41. The minimum Gasteiger partial charge on any atom is -0.444 e. The van der Waals surface area contributed by atoms with Crippen molar-refractivity contribution >= 4 is 27.7 Å². The summed E-state index contributed by atoms with van der Waals surface area (Å²) in [7, 11) is 1.56. The first-order chi connectivity index (χ1) is 9.51. The van der Waals surface area contributed by atoms with Crippen molar-refractivity contribution in [2.45, 2.75) is 18.9 Å². The quantitative estimate of drug-likeness (QED) is 0.805. The Morgan fingerprint density at radius 3 is 2.75 bits per heavy atom. The lowest BCUT2D eigenvalue weighted by atomic mass is 10.2. The van der Waals surface area contributed by atoms with E-state index in [0.29, 0.717) is 17.1 Å². The van der Waals surface area contributed by atoms with E-state index in [1.807, 2.05) is 0 Å². The van der Waals surface area contributed by atoms with Crippen LogP contribution in [-0.4, -0.2) is 42.9 Å². The summed E-state index contributed by atoms with van der Waals surface area (Å²) in [5, 5.41) is 2.87. The summed E-state index contributed by atoms with van der Waals surface area (Å²) >= 11 is 3.13. The van der Waals surface area contributed by atoms with Crippen LogP contribution in [0, 0.1) is 5.92 Å². The second-order valence-corrected chi connectivity index (χ2v) is 5.79. The molecule has 1 heterocycles. The van der Waals surface area contributed by atoms with Crippen LogP contribution in [0.2, 0.25) is 0 Å². The summed E-state index contributed by atoms with van der Waals surface area (Å²) < 4.78 is 5.65. The summed E-state index contributed by atoms with van der Waals surface area (Å²) in [5.41, 5.74) is 5.63. The maximum Gasteiger partial charge on any atom is 0.289 e. The zero-order chi connectivity index (χ0) is 14.7. The van der Waals surface area contributed by atoms with Gasteiger partial charge in [-0.25, -0.2) is 0 Å². The van der Waals surface area contributed by atoms with Gasteiger partial charge in [-0.2, -0.15) is 0 Å². The molecule has 1 aromatic heterocycles. The Balaban J connectivity index is 1.85. The van der Waals surface area contributed by atoms with Gasteiger partial charge in [-0.3, -0.25) is 9.59 Å². The molecule has 7 heteroatoms. The number of halogens is 1. The number of hydrogen-bond acceptors (Lipinski definition) is 4. The van der Waals surface area contributed by atoms with Crippen LogP contribution in [0.25, 0.3) is 0 Å². The number of carbonyl (C=O) groups is 2. The van der Waals surface area contributed by atoms with Crippen LogP contribution in [-0.2, 0) is 4.79 Å². The molecule has 1 saturated carbocycles. The molecule has 1 unspecified atom stereocenters. The molecule has 2 rings (SSSR count). The molecular weight excluding hydrogens is 326 g/mol. The van der Waals surface area contributed by atoms with Gasteiger partial charge in [-0.1, -0.05) is 0 Å². The Hall–Kier alpha value is -1.34. The third-order valence-corrected chi connectivity index (χ3v) is 3.73. The summed E-state index contributed by atoms with van der Waals surface area (Å²) in [5.74, 6) is 0.158. The molecule has 1 aliphatic rings. The van der Waals surface area contributed by atoms with E-state index in [1.165, 1.54) is 4.90 Å². The van der Waals surface area contributed by atoms with Crippen molar-refractivity contribution < 1.29 is 14.0 Å². The van der Waals surface area contributed by atoms with Gasteiger partial charge in [0.25, 0.3) is 5.91 Å². The Morgan fingerprint density at radius 2 is 2.25 bits per heavy atom. The molecule has 3 N–H and O–H groups in total. The number of nitrogens with one attached hydrogen (secondary N) is 1. The van der Waals surface area contributed by atoms with Gasteiger partial charge < -0.3 is 20.4 Å². The molecule has 0 spiro atoms. The van der Waals surface area contributed by atoms with Crippen molar-refractivity contribution in [2.75, 3.05) is 20.1 Å². The average molecular weight is 344 g/mol. The van der Waals surface area contributed by atoms with E-state index < -0.39 is 0 Å². The van der Waals surface area contributed by atoms with Crippen LogP contribution in [0.3, 0.4) is 0 Å². The molecule has 1 aliphatic carbocycles. The molecule has 0 aromatic carbocycles. The predicted molar refractivity (Wildman–Crippen MR) is 77.1 cm³/mol. The number of furan rings is 1. The number of rotatable bonds is 6. The highest BCUT2D eigenvalue weighted by atomic mass is 79.9. The molecule has 110 valence electrons. The van der Waals surface area contributed by atoms with Crippen molar-refractivity contribution in [3.63, 3.8) is 0 Å². The average Bonchev–Trinajstić information content (AvgIpc) is 3.16. The number of hydrogen-bond donors (Lipinski definition) is 2. The maximum atomic E-state index is 12.0. The number of nitrogens with two attached hydrogens (primary N) is 1. The van der Waals surface area contributed by atoms with E-state index >= 15 is 0 Å². The molecule has 1 aromatic rings. The highest BCUT2D eigenvalue weighted by Crippen LogP contribution is 2.32. The molecule has 6 nitrogen and oxygen atoms in total. The number of nitrogens with zero attached hydrogens (tertiary/aromatic N) is 1. The molecule has 1 atom stereocenters. The lowest BCUT2D eigenvalue weighted by Crippen LogP contribution is -2.46. The third kappa shape index (κ3) is 3.83. The normalized spacial score (nSPS) is 15.8. The molecule has 2 amide bonds. The molecule has 0 radical (unpaired) electrons. The summed E-state index contributed by atoms with van der Waals surface area (Å²) in [6.07, 6.45) is 2.22. The van der Waals surface area contributed by atoms with Gasteiger partial charge in [0, 0.05) is 19.6 Å². The Labute approximate surface area is 125 Å². The fourth-order valence-corrected chi connectivity index (χ4v) is 2.33. The first-order valence-corrected chi connectivity index (χ1v) is 7.30. The van der Waals surface area contributed by atoms with Crippen molar-refractivity contribution in [3.8, 4) is 0 Å². The zero-order valence-corrected chi connectivity index (χ0v) is 12.9. The standard InChI is InChI=1S/C13H18BrN3O3/c1-17(13(19)10-4-5-11(14)20-10)7-12(18)16-9(6-15)8-2-3-8/h4-5,8-9H,2-3,6-7,15H2,1H3,(H,16,18). The van der Waals surface area contributed by atoms with E-state index in [4.69, 9.17) is 10.2 Å². The maximum absolute atomic E-state index is 12.0. The summed E-state index contributed by atoms with van der Waals surface area (Å²) in [6.45, 7) is 0.416. The summed E-state index contributed by atoms with van der Waals surface area (Å²) in [4.78, 5) is 25.2. The smallest absolute Gasteiger partial charge is 0.289 e. The molecule has 1 fully saturated rings. The van der Waals surface area contributed by atoms with E-state index in [0.717, 1.165) is 12.8 Å². The van der Waals surface area contributed by atoms with Gasteiger partial charge in [0.05, 0.1) is 6.54 Å².